The van der Waals surface area contributed by atoms with Crippen molar-refractivity contribution in [3.8, 4) is 0 Å². The lowest BCUT2D eigenvalue weighted by Crippen LogP contribution is -2.14. The van der Waals surface area contributed by atoms with E-state index in [1.165, 1.54) is 20.0 Å². The monoisotopic (exact) mass is 388 g/mol. The highest BCUT2D eigenvalue weighted by molar-refractivity contribution is 6.03. The second-order valence-corrected chi connectivity index (χ2v) is 6.40. The maximum absolute atomic E-state index is 12.5. The third-order valence-corrected chi connectivity index (χ3v) is 4.01. The van der Waals surface area contributed by atoms with E-state index in [-0.39, 0.29) is 23.3 Å². The maximum Gasteiger partial charge on any atom is 0.274 e. The third-order valence-electron chi connectivity index (χ3n) is 4.01. The smallest absolute Gasteiger partial charge is 0.274 e. The molecular formula is C22H20N4O3. The van der Waals surface area contributed by atoms with Crippen molar-refractivity contribution >= 4 is 40.3 Å². The molecule has 3 aromatic rings. The summed E-state index contributed by atoms with van der Waals surface area (Å²) in [6.45, 7) is 2.94. The number of anilines is 4. The van der Waals surface area contributed by atoms with Crippen LogP contribution in [0, 0.1) is 0 Å². The van der Waals surface area contributed by atoms with Crippen LogP contribution in [0.4, 0.5) is 22.7 Å². The Morgan fingerprint density at radius 3 is 2.07 bits per heavy atom. The van der Waals surface area contributed by atoms with Gasteiger partial charge in [-0.05, 0) is 55.5 Å². The molecule has 0 aliphatic rings. The molecule has 0 saturated heterocycles. The van der Waals surface area contributed by atoms with Gasteiger partial charge in [-0.25, -0.2) is 0 Å². The summed E-state index contributed by atoms with van der Waals surface area (Å²) in [5.41, 5.74) is 3.48. The summed E-state index contributed by atoms with van der Waals surface area (Å²) in [6, 6.07) is 17.3. The van der Waals surface area contributed by atoms with Gasteiger partial charge in [-0.3, -0.25) is 19.4 Å². The number of ketones is 1. The van der Waals surface area contributed by atoms with Crippen LogP contribution in [-0.2, 0) is 4.79 Å². The van der Waals surface area contributed by atoms with Gasteiger partial charge in [0.25, 0.3) is 5.91 Å². The Bertz CT molecular complexity index is 1060. The standard InChI is InChI=1S/C22H20N4O3/c1-14(27)16-4-3-5-19(12-16)25-20-10-11-23-21(13-20)22(29)26-18-8-6-17(7-9-18)24-15(2)28/h3-13H,1-2H3,(H,23,25)(H,24,28)(H,26,29). The number of carbonyl (C=O) groups is 3. The van der Waals surface area contributed by atoms with Gasteiger partial charge in [0.1, 0.15) is 5.69 Å². The summed E-state index contributed by atoms with van der Waals surface area (Å²) < 4.78 is 0. The molecule has 2 amide bonds. The van der Waals surface area contributed by atoms with Gasteiger partial charge in [0.05, 0.1) is 0 Å². The number of nitrogens with zero attached hydrogens (tertiary/aromatic N) is 1. The van der Waals surface area contributed by atoms with Gasteiger partial charge < -0.3 is 16.0 Å². The number of pyridine rings is 1. The van der Waals surface area contributed by atoms with E-state index in [1.807, 2.05) is 6.07 Å². The summed E-state index contributed by atoms with van der Waals surface area (Å²) in [7, 11) is 0. The number of rotatable bonds is 6. The fourth-order valence-electron chi connectivity index (χ4n) is 2.65. The number of nitrogens with one attached hydrogen (secondary N) is 3. The van der Waals surface area contributed by atoms with E-state index in [1.54, 1.807) is 54.6 Å². The van der Waals surface area contributed by atoms with E-state index < -0.39 is 0 Å². The van der Waals surface area contributed by atoms with Gasteiger partial charge >= 0.3 is 0 Å². The minimum atomic E-state index is -0.363. The average Bonchev–Trinajstić information content (AvgIpc) is 2.69. The zero-order valence-corrected chi connectivity index (χ0v) is 16.0. The van der Waals surface area contributed by atoms with E-state index >= 15 is 0 Å². The molecule has 146 valence electrons. The van der Waals surface area contributed by atoms with Crippen molar-refractivity contribution in [3.05, 3.63) is 78.1 Å². The number of aromatic nitrogens is 1. The molecule has 7 heteroatoms. The first-order chi connectivity index (χ1) is 13.9. The SMILES string of the molecule is CC(=O)Nc1ccc(NC(=O)c2cc(Nc3cccc(C(C)=O)c3)ccn2)cc1. The van der Waals surface area contributed by atoms with Crippen LogP contribution in [0.1, 0.15) is 34.7 Å². The average molecular weight is 388 g/mol. The van der Waals surface area contributed by atoms with E-state index in [2.05, 4.69) is 20.9 Å². The fraction of sp³-hybridized carbons (Fsp3) is 0.0909. The Labute approximate surface area is 168 Å². The second-order valence-electron chi connectivity index (χ2n) is 6.40. The van der Waals surface area contributed by atoms with Gasteiger partial charge in [0, 0.05) is 41.4 Å². The summed E-state index contributed by atoms with van der Waals surface area (Å²) in [4.78, 5) is 39.2. The van der Waals surface area contributed by atoms with Crippen molar-refractivity contribution in [2.45, 2.75) is 13.8 Å². The minimum Gasteiger partial charge on any atom is -0.355 e. The van der Waals surface area contributed by atoms with Gasteiger partial charge in [0.15, 0.2) is 5.78 Å². The Hall–Kier alpha value is -4.00. The van der Waals surface area contributed by atoms with Crippen molar-refractivity contribution in [1.29, 1.82) is 0 Å². The van der Waals surface area contributed by atoms with Crippen LogP contribution >= 0.6 is 0 Å². The molecule has 29 heavy (non-hydrogen) atoms. The Kier molecular flexibility index (Phi) is 5.99. The third kappa shape index (κ3) is 5.49. The van der Waals surface area contributed by atoms with Crippen LogP contribution < -0.4 is 16.0 Å². The van der Waals surface area contributed by atoms with Crippen LogP contribution in [0.15, 0.2) is 66.9 Å². The maximum atomic E-state index is 12.5. The fourth-order valence-corrected chi connectivity index (χ4v) is 2.65. The zero-order valence-electron chi connectivity index (χ0n) is 16.0. The minimum absolute atomic E-state index is 0.0204. The van der Waals surface area contributed by atoms with Crippen LogP contribution in [0.25, 0.3) is 0 Å². The van der Waals surface area contributed by atoms with Crippen molar-refractivity contribution in [3.63, 3.8) is 0 Å². The molecule has 7 nitrogen and oxygen atoms in total. The first-order valence-corrected chi connectivity index (χ1v) is 8.94. The molecular weight excluding hydrogens is 368 g/mol. The number of carbonyl (C=O) groups excluding carboxylic acids is 3. The van der Waals surface area contributed by atoms with E-state index in [9.17, 15) is 14.4 Å². The second kappa shape index (κ2) is 8.79. The number of hydrogen-bond donors (Lipinski definition) is 3. The zero-order chi connectivity index (χ0) is 20.8. The number of Topliss-reactive ketones (excluding diaryl/α,β-unsaturated/α-hetero) is 1. The largest absolute Gasteiger partial charge is 0.355 e. The van der Waals surface area contributed by atoms with E-state index in [0.29, 0.717) is 22.6 Å². The molecule has 3 rings (SSSR count). The Morgan fingerprint density at radius 1 is 0.759 bits per heavy atom. The Balaban J connectivity index is 1.70. The molecule has 0 bridgehead atoms. The van der Waals surface area contributed by atoms with Crippen LogP contribution in [0.5, 0.6) is 0 Å². The molecule has 0 aliphatic heterocycles. The van der Waals surface area contributed by atoms with E-state index in [0.717, 1.165) is 5.69 Å². The highest BCUT2D eigenvalue weighted by atomic mass is 16.2. The molecule has 0 fully saturated rings. The molecule has 0 radical (unpaired) electrons. The van der Waals surface area contributed by atoms with Gasteiger partial charge in [-0.2, -0.15) is 0 Å². The number of hydrogen-bond acceptors (Lipinski definition) is 5. The Morgan fingerprint density at radius 2 is 1.41 bits per heavy atom. The van der Waals surface area contributed by atoms with Crippen molar-refractivity contribution in [1.82, 2.24) is 4.98 Å². The van der Waals surface area contributed by atoms with Crippen LogP contribution in [0.2, 0.25) is 0 Å². The first-order valence-electron chi connectivity index (χ1n) is 8.94. The number of amides is 2. The molecule has 2 aromatic carbocycles. The highest BCUT2D eigenvalue weighted by Crippen LogP contribution is 2.19. The predicted molar refractivity (Wildman–Crippen MR) is 113 cm³/mol. The lowest BCUT2D eigenvalue weighted by molar-refractivity contribution is -0.114. The molecule has 1 heterocycles. The van der Waals surface area contributed by atoms with Gasteiger partial charge in [-0.15, -0.1) is 0 Å². The summed E-state index contributed by atoms with van der Waals surface area (Å²) >= 11 is 0. The van der Waals surface area contributed by atoms with Gasteiger partial charge in [-0.1, -0.05) is 12.1 Å². The summed E-state index contributed by atoms with van der Waals surface area (Å²) in [6.07, 6.45) is 1.53. The quantitative estimate of drug-likeness (QED) is 0.549. The molecule has 0 saturated carbocycles. The molecule has 0 atom stereocenters. The van der Waals surface area contributed by atoms with Crippen molar-refractivity contribution in [2.24, 2.45) is 0 Å². The molecule has 1 aromatic heterocycles. The molecule has 0 aliphatic carbocycles. The highest BCUT2D eigenvalue weighted by Gasteiger charge is 2.09. The summed E-state index contributed by atoms with van der Waals surface area (Å²) in [5, 5.41) is 8.60. The summed E-state index contributed by atoms with van der Waals surface area (Å²) in [5.74, 6) is -0.546. The predicted octanol–water partition coefficient (Wildman–Crippen LogP) is 4.24. The van der Waals surface area contributed by atoms with Crippen LogP contribution in [-0.4, -0.2) is 22.6 Å². The molecule has 0 unspecified atom stereocenters. The lowest BCUT2D eigenvalue weighted by Gasteiger charge is -2.10. The number of benzene rings is 2. The molecule has 3 N–H and O–H groups in total. The van der Waals surface area contributed by atoms with Crippen molar-refractivity contribution in [2.75, 3.05) is 16.0 Å². The topological polar surface area (TPSA) is 100 Å². The molecule has 0 spiro atoms. The van der Waals surface area contributed by atoms with Crippen molar-refractivity contribution < 1.29 is 14.4 Å². The van der Waals surface area contributed by atoms with Crippen LogP contribution in [0.3, 0.4) is 0 Å². The lowest BCUT2D eigenvalue weighted by atomic mass is 10.1. The normalized spacial score (nSPS) is 10.1. The first kappa shape index (κ1) is 19.8. The van der Waals surface area contributed by atoms with Gasteiger partial charge in [0.2, 0.25) is 5.91 Å². The van der Waals surface area contributed by atoms with E-state index in [4.69, 9.17) is 0 Å².